The van der Waals surface area contributed by atoms with Crippen LogP contribution in [-0.2, 0) is 10.8 Å². The van der Waals surface area contributed by atoms with Crippen LogP contribution in [0.15, 0.2) is 86.0 Å². The topological polar surface area (TPSA) is 17.1 Å². The van der Waals surface area contributed by atoms with Gasteiger partial charge in [0.2, 0.25) is 0 Å². The summed E-state index contributed by atoms with van der Waals surface area (Å²) in [5.41, 5.74) is 2.59. The molecule has 2 aromatic rings. The third kappa shape index (κ3) is 6.76. The van der Waals surface area contributed by atoms with E-state index < -0.39 is 10.8 Å². The molecule has 0 aliphatic carbocycles. The number of benzene rings is 2. The molecule has 26 heavy (non-hydrogen) atoms. The molecule has 0 spiro atoms. The first-order valence-electron chi connectivity index (χ1n) is 9.44. The molecule has 2 atom stereocenters. The fourth-order valence-corrected chi connectivity index (χ4v) is 4.45. The molecule has 138 valence electrons. The Morgan fingerprint density at radius 1 is 0.731 bits per heavy atom. The zero-order chi connectivity index (χ0) is 18.6. The fourth-order valence-electron chi connectivity index (χ4n) is 3.27. The average Bonchev–Trinajstić information content (AvgIpc) is 2.70. The Labute approximate surface area is 161 Å². The maximum absolute atomic E-state index is 12.3. The zero-order valence-electron chi connectivity index (χ0n) is 15.6. The Morgan fingerprint density at radius 3 is 1.46 bits per heavy atom. The van der Waals surface area contributed by atoms with Crippen LogP contribution in [0.3, 0.4) is 0 Å². The molecule has 0 bridgehead atoms. The second-order valence-corrected chi connectivity index (χ2v) is 8.33. The number of allylic oxidation sites excluding steroid dienone is 2. The van der Waals surface area contributed by atoms with Crippen molar-refractivity contribution in [3.05, 3.63) is 97.1 Å². The van der Waals surface area contributed by atoms with Crippen molar-refractivity contribution in [1.29, 1.82) is 0 Å². The summed E-state index contributed by atoms with van der Waals surface area (Å²) in [5.74, 6) is 2.27. The van der Waals surface area contributed by atoms with E-state index >= 15 is 0 Å². The molecule has 0 saturated heterocycles. The third-order valence-corrected chi connectivity index (χ3v) is 6.29. The van der Waals surface area contributed by atoms with E-state index in [0.717, 1.165) is 37.2 Å². The van der Waals surface area contributed by atoms with Gasteiger partial charge in [0.15, 0.2) is 0 Å². The van der Waals surface area contributed by atoms with Crippen LogP contribution in [0, 0.1) is 0 Å². The molecule has 0 radical (unpaired) electrons. The normalized spacial score (nSPS) is 14.3. The molecule has 0 saturated carbocycles. The minimum Gasteiger partial charge on any atom is -0.260 e. The first kappa shape index (κ1) is 20.4. The van der Waals surface area contributed by atoms with Crippen molar-refractivity contribution in [2.24, 2.45) is 0 Å². The van der Waals surface area contributed by atoms with Crippen molar-refractivity contribution in [1.82, 2.24) is 0 Å². The number of hydrogen-bond acceptors (Lipinski definition) is 1. The van der Waals surface area contributed by atoms with Crippen LogP contribution in [0.1, 0.15) is 48.6 Å². The lowest BCUT2D eigenvalue weighted by Gasteiger charge is -2.14. The monoisotopic (exact) mass is 366 g/mol. The summed E-state index contributed by atoms with van der Waals surface area (Å²) < 4.78 is 12.3. The van der Waals surface area contributed by atoms with Crippen LogP contribution in [0.2, 0.25) is 0 Å². The van der Waals surface area contributed by atoms with E-state index in [9.17, 15) is 4.21 Å². The molecular formula is C24H30OS. The molecule has 0 heterocycles. The van der Waals surface area contributed by atoms with Crippen LogP contribution in [-0.4, -0.2) is 15.7 Å². The van der Waals surface area contributed by atoms with Crippen LogP contribution >= 0.6 is 0 Å². The smallest absolute Gasteiger partial charge is 0.0235 e. The molecule has 0 fully saturated rings. The summed E-state index contributed by atoms with van der Waals surface area (Å²) in [6, 6.07) is 20.9. The summed E-state index contributed by atoms with van der Waals surface area (Å²) >= 11 is 0. The molecule has 0 aliphatic rings. The minimum atomic E-state index is -0.738. The zero-order valence-corrected chi connectivity index (χ0v) is 16.4. The maximum Gasteiger partial charge on any atom is 0.0235 e. The summed E-state index contributed by atoms with van der Waals surface area (Å²) in [4.78, 5) is 0. The van der Waals surface area contributed by atoms with Crippen molar-refractivity contribution < 1.29 is 4.21 Å². The second-order valence-electron chi connectivity index (χ2n) is 6.64. The van der Waals surface area contributed by atoms with Gasteiger partial charge in [-0.3, -0.25) is 4.21 Å². The Balaban J connectivity index is 1.68. The van der Waals surface area contributed by atoms with Gasteiger partial charge in [0.05, 0.1) is 0 Å². The van der Waals surface area contributed by atoms with Gasteiger partial charge in [-0.1, -0.05) is 72.8 Å². The molecule has 2 rings (SSSR count). The SMILES string of the molecule is C=CC(CCCS(=O)CCCC(C=C)c1ccccc1)c1ccccc1. The predicted octanol–water partition coefficient (Wildman–Crippen LogP) is 6.24. The van der Waals surface area contributed by atoms with Gasteiger partial charge in [0, 0.05) is 34.1 Å². The predicted molar refractivity (Wildman–Crippen MR) is 115 cm³/mol. The molecule has 0 N–H and O–H groups in total. The highest BCUT2D eigenvalue weighted by molar-refractivity contribution is 7.84. The Hall–Kier alpha value is -1.93. The lowest BCUT2D eigenvalue weighted by atomic mass is 9.95. The quantitative estimate of drug-likeness (QED) is 0.407. The van der Waals surface area contributed by atoms with Crippen molar-refractivity contribution in [3.8, 4) is 0 Å². The van der Waals surface area contributed by atoms with Crippen LogP contribution in [0.25, 0.3) is 0 Å². The standard InChI is InChI=1S/C24H30OS/c1-3-21(23-13-7-5-8-14-23)17-11-19-26(25)20-12-18-22(4-2)24-15-9-6-10-16-24/h3-10,13-16,21-22H,1-2,11-12,17-20H2. The summed E-state index contributed by atoms with van der Waals surface area (Å²) in [6.45, 7) is 7.91. The van der Waals surface area contributed by atoms with Gasteiger partial charge in [-0.15, -0.1) is 13.2 Å². The summed E-state index contributed by atoms with van der Waals surface area (Å²) in [7, 11) is -0.738. The molecule has 0 aliphatic heterocycles. The van der Waals surface area contributed by atoms with E-state index in [1.54, 1.807) is 0 Å². The molecule has 2 unspecified atom stereocenters. The van der Waals surface area contributed by atoms with Gasteiger partial charge in [-0.25, -0.2) is 0 Å². The number of rotatable bonds is 12. The summed E-state index contributed by atoms with van der Waals surface area (Å²) in [5, 5.41) is 0. The molecule has 1 nitrogen and oxygen atoms in total. The number of hydrogen-bond donors (Lipinski definition) is 0. The van der Waals surface area contributed by atoms with Gasteiger partial charge >= 0.3 is 0 Å². The van der Waals surface area contributed by atoms with E-state index in [1.807, 2.05) is 24.3 Å². The molecule has 0 amide bonds. The van der Waals surface area contributed by atoms with E-state index in [1.165, 1.54) is 11.1 Å². The Morgan fingerprint density at radius 2 is 1.12 bits per heavy atom. The Bertz CT molecular complexity index is 618. The minimum absolute atomic E-state index is 0.358. The highest BCUT2D eigenvalue weighted by Gasteiger charge is 2.10. The largest absolute Gasteiger partial charge is 0.260 e. The average molecular weight is 367 g/mol. The summed E-state index contributed by atoms with van der Waals surface area (Å²) in [6.07, 6.45) is 7.99. The third-order valence-electron chi connectivity index (χ3n) is 4.80. The molecule has 2 heteroatoms. The second kappa shape index (κ2) is 11.6. The molecular weight excluding hydrogens is 336 g/mol. The van der Waals surface area contributed by atoms with Gasteiger partial charge in [-0.05, 0) is 36.8 Å². The van der Waals surface area contributed by atoms with Gasteiger partial charge in [0.25, 0.3) is 0 Å². The lowest BCUT2D eigenvalue weighted by molar-refractivity contribution is 0.661. The van der Waals surface area contributed by atoms with Crippen molar-refractivity contribution in [2.45, 2.75) is 37.5 Å². The van der Waals surface area contributed by atoms with Crippen LogP contribution in [0.4, 0.5) is 0 Å². The van der Waals surface area contributed by atoms with Crippen molar-refractivity contribution in [3.63, 3.8) is 0 Å². The Kier molecular flexibility index (Phi) is 9.13. The van der Waals surface area contributed by atoms with Gasteiger partial charge < -0.3 is 0 Å². The first-order chi connectivity index (χ1) is 12.7. The molecule has 0 aromatic heterocycles. The fraction of sp³-hybridized carbons (Fsp3) is 0.333. The highest BCUT2D eigenvalue weighted by atomic mass is 32.2. The van der Waals surface area contributed by atoms with Crippen LogP contribution in [0.5, 0.6) is 0 Å². The van der Waals surface area contributed by atoms with E-state index in [-0.39, 0.29) is 0 Å². The molecule has 2 aromatic carbocycles. The van der Waals surface area contributed by atoms with Crippen LogP contribution < -0.4 is 0 Å². The maximum atomic E-state index is 12.3. The first-order valence-corrected chi connectivity index (χ1v) is 10.9. The lowest BCUT2D eigenvalue weighted by Crippen LogP contribution is -2.06. The van der Waals surface area contributed by atoms with Crippen molar-refractivity contribution in [2.75, 3.05) is 11.5 Å². The van der Waals surface area contributed by atoms with E-state index in [0.29, 0.717) is 11.8 Å². The highest BCUT2D eigenvalue weighted by Crippen LogP contribution is 2.23. The van der Waals surface area contributed by atoms with Gasteiger partial charge in [-0.2, -0.15) is 0 Å². The van der Waals surface area contributed by atoms with E-state index in [2.05, 4.69) is 61.7 Å². The van der Waals surface area contributed by atoms with Crippen molar-refractivity contribution >= 4 is 10.8 Å². The van der Waals surface area contributed by atoms with E-state index in [4.69, 9.17) is 0 Å². The van der Waals surface area contributed by atoms with Gasteiger partial charge in [0.1, 0.15) is 0 Å².